The summed E-state index contributed by atoms with van der Waals surface area (Å²) in [6.45, 7) is 3.78. The van der Waals surface area contributed by atoms with Crippen molar-refractivity contribution in [3.05, 3.63) is 62.1 Å². The molecule has 0 aromatic heterocycles. The van der Waals surface area contributed by atoms with Gasteiger partial charge in [0.1, 0.15) is 11.5 Å². The van der Waals surface area contributed by atoms with Crippen LogP contribution in [0.2, 0.25) is 20.1 Å². The van der Waals surface area contributed by atoms with Crippen LogP contribution in [0.15, 0.2) is 41.3 Å². The number of rotatable bonds is 8. The summed E-state index contributed by atoms with van der Waals surface area (Å²) in [4.78, 5) is 16.7. The normalized spacial score (nSPS) is 19.8. The fourth-order valence-corrected chi connectivity index (χ4v) is 7.82. The molecule has 2 aliphatic heterocycles. The Morgan fingerprint density at radius 2 is 1.59 bits per heavy atom. The lowest BCUT2D eigenvalue weighted by Crippen LogP contribution is -2.50. The van der Waals surface area contributed by atoms with E-state index in [4.69, 9.17) is 51.1 Å². The van der Waals surface area contributed by atoms with E-state index in [0.29, 0.717) is 36.1 Å². The van der Waals surface area contributed by atoms with Gasteiger partial charge in [-0.3, -0.25) is 9.69 Å². The topological polar surface area (TPSA) is 70.2 Å². The lowest BCUT2D eigenvalue weighted by Gasteiger charge is -2.36. The maximum Gasteiger partial charge on any atom is 0.248 e. The third kappa shape index (κ3) is 7.11. The Bertz CT molecular complexity index is 1200. The summed E-state index contributed by atoms with van der Waals surface area (Å²) < 4.78 is 33.9. The van der Waals surface area contributed by atoms with Gasteiger partial charge in [-0.15, -0.1) is 0 Å². The van der Waals surface area contributed by atoms with Crippen LogP contribution in [0.4, 0.5) is 0 Å². The summed E-state index contributed by atoms with van der Waals surface area (Å²) >= 11 is 24.5. The molecule has 2 saturated heterocycles. The van der Waals surface area contributed by atoms with Gasteiger partial charge in [0.05, 0.1) is 26.7 Å². The van der Waals surface area contributed by atoms with Crippen molar-refractivity contribution in [2.75, 3.05) is 45.9 Å². The quantitative estimate of drug-likeness (QED) is 0.412. The van der Waals surface area contributed by atoms with Crippen LogP contribution in [0.5, 0.6) is 0 Å². The Kier molecular flexibility index (Phi) is 10.0. The van der Waals surface area contributed by atoms with Gasteiger partial charge in [0.2, 0.25) is 15.9 Å². The lowest BCUT2D eigenvalue weighted by molar-refractivity contribution is -0.138. The molecule has 2 aromatic rings. The highest BCUT2D eigenvalue weighted by atomic mass is 35.5. The molecule has 2 heterocycles. The number of halogens is 4. The number of nitrogens with zero attached hydrogens (tertiary/aromatic N) is 3. The molecule has 2 fully saturated rings. The highest BCUT2D eigenvalue weighted by molar-refractivity contribution is 7.89. The number of amides is 1. The van der Waals surface area contributed by atoms with Gasteiger partial charge in [-0.25, -0.2) is 8.42 Å². The van der Waals surface area contributed by atoms with Crippen molar-refractivity contribution in [1.82, 2.24) is 14.1 Å². The monoisotopic (exact) mass is 607 g/mol. The largest absolute Gasteiger partial charge is 0.370 e. The van der Waals surface area contributed by atoms with Crippen LogP contribution >= 0.6 is 46.4 Å². The third-order valence-electron chi connectivity index (χ3n) is 6.71. The number of carbonyl (C=O) groups is 1. The zero-order chi connectivity index (χ0) is 26.6. The molecule has 0 N–H and O–H groups in total. The number of benzene rings is 2. The number of piperidine rings is 1. The first-order valence-electron chi connectivity index (χ1n) is 12.1. The van der Waals surface area contributed by atoms with Crippen LogP contribution < -0.4 is 0 Å². The van der Waals surface area contributed by atoms with Crippen LogP contribution in [0.1, 0.15) is 24.8 Å². The minimum Gasteiger partial charge on any atom is -0.370 e. The van der Waals surface area contributed by atoms with Crippen molar-refractivity contribution in [3.8, 4) is 0 Å². The van der Waals surface area contributed by atoms with Crippen LogP contribution in [0, 0.1) is 0 Å². The molecule has 37 heavy (non-hydrogen) atoms. The van der Waals surface area contributed by atoms with E-state index in [0.717, 1.165) is 38.0 Å². The minimum absolute atomic E-state index is 0.0833. The number of piperazine rings is 1. The maximum absolute atomic E-state index is 13.4. The second kappa shape index (κ2) is 12.8. The Balaban J connectivity index is 1.27. The van der Waals surface area contributed by atoms with Gasteiger partial charge in [-0.2, -0.15) is 4.31 Å². The molecule has 1 amide bonds. The second-order valence-corrected chi connectivity index (χ2v) is 12.7. The van der Waals surface area contributed by atoms with E-state index < -0.39 is 10.0 Å². The van der Waals surface area contributed by atoms with Crippen LogP contribution in [0.3, 0.4) is 0 Å². The number of hydrogen-bond donors (Lipinski definition) is 0. The predicted molar refractivity (Wildman–Crippen MR) is 147 cm³/mol. The summed E-state index contributed by atoms with van der Waals surface area (Å²) in [5.41, 5.74) is 1.07. The van der Waals surface area contributed by atoms with Gasteiger partial charge in [0.25, 0.3) is 0 Å². The van der Waals surface area contributed by atoms with E-state index in [9.17, 15) is 13.2 Å². The Hall–Kier alpha value is -1.10. The molecular formula is C25H29Cl4N3O4S. The van der Waals surface area contributed by atoms with Crippen molar-refractivity contribution in [1.29, 1.82) is 0 Å². The molecule has 0 radical (unpaired) electrons. The zero-order valence-corrected chi connectivity index (χ0v) is 24.1. The van der Waals surface area contributed by atoms with Crippen LogP contribution in [-0.2, 0) is 26.1 Å². The first-order chi connectivity index (χ1) is 17.7. The van der Waals surface area contributed by atoms with Crippen LogP contribution in [0.25, 0.3) is 0 Å². The highest BCUT2D eigenvalue weighted by Crippen LogP contribution is 2.34. The highest BCUT2D eigenvalue weighted by Gasteiger charge is 2.36. The molecule has 202 valence electrons. The van der Waals surface area contributed by atoms with Gasteiger partial charge in [0.15, 0.2) is 0 Å². The fourth-order valence-electron chi connectivity index (χ4n) is 4.73. The van der Waals surface area contributed by atoms with Gasteiger partial charge < -0.3 is 9.64 Å². The second-order valence-electron chi connectivity index (χ2n) is 9.24. The van der Waals surface area contributed by atoms with Crippen molar-refractivity contribution in [2.24, 2.45) is 0 Å². The first kappa shape index (κ1) is 28.9. The lowest BCUT2D eigenvalue weighted by atomic mass is 10.1. The SMILES string of the molecule is O=C(COCC1CCCCN1S(=O)(=O)c1c(Cl)cccc1Cl)N1CCN(Cc2ccc(Cl)c(Cl)c2)CC1. The number of sulfonamides is 1. The Labute approximate surface area is 238 Å². The van der Waals surface area contributed by atoms with E-state index in [1.54, 1.807) is 17.0 Å². The predicted octanol–water partition coefficient (Wildman–Crippen LogP) is 5.20. The van der Waals surface area contributed by atoms with Gasteiger partial charge in [-0.1, -0.05) is 65.0 Å². The average molecular weight is 609 g/mol. The van der Waals surface area contributed by atoms with Crippen molar-refractivity contribution >= 4 is 62.3 Å². The molecule has 0 bridgehead atoms. The molecule has 0 saturated carbocycles. The Morgan fingerprint density at radius 3 is 2.27 bits per heavy atom. The summed E-state index contributed by atoms with van der Waals surface area (Å²) in [5, 5.41) is 1.24. The molecule has 0 spiro atoms. The molecule has 12 heteroatoms. The van der Waals surface area contributed by atoms with Crippen LogP contribution in [-0.4, -0.2) is 80.4 Å². The number of hydrogen-bond acceptors (Lipinski definition) is 5. The van der Waals surface area contributed by atoms with Crippen molar-refractivity contribution < 1.29 is 17.9 Å². The van der Waals surface area contributed by atoms with Gasteiger partial charge in [-0.05, 0) is 42.7 Å². The standard InChI is InChI=1S/C25H29Cl4N3O4S/c26-20-8-7-18(14-23(20)29)15-30-10-12-31(13-11-30)24(33)17-36-16-19-4-1-2-9-32(19)37(34,35)25-21(27)5-3-6-22(25)28/h3,5-8,14,19H,1-2,4,9-13,15-17H2. The molecule has 4 rings (SSSR count). The number of carbonyl (C=O) groups excluding carboxylic acids is 1. The Morgan fingerprint density at radius 1 is 0.892 bits per heavy atom. The average Bonchev–Trinajstić information content (AvgIpc) is 2.86. The van der Waals surface area contributed by atoms with E-state index in [2.05, 4.69) is 4.90 Å². The molecule has 1 unspecified atom stereocenters. The van der Waals surface area contributed by atoms with E-state index in [1.807, 2.05) is 12.1 Å². The molecule has 2 aromatic carbocycles. The summed E-state index contributed by atoms with van der Waals surface area (Å²) in [7, 11) is -3.91. The smallest absolute Gasteiger partial charge is 0.248 e. The number of ether oxygens (including phenoxy) is 1. The molecule has 2 aliphatic rings. The zero-order valence-electron chi connectivity index (χ0n) is 20.2. The molecular weight excluding hydrogens is 580 g/mol. The van der Waals surface area contributed by atoms with E-state index >= 15 is 0 Å². The van der Waals surface area contributed by atoms with Gasteiger partial charge in [0, 0.05) is 45.3 Å². The van der Waals surface area contributed by atoms with Gasteiger partial charge >= 0.3 is 0 Å². The summed E-state index contributed by atoms with van der Waals surface area (Å²) in [6.07, 6.45) is 2.26. The first-order valence-corrected chi connectivity index (χ1v) is 15.1. The molecule has 7 nitrogen and oxygen atoms in total. The molecule has 0 aliphatic carbocycles. The van der Waals surface area contributed by atoms with E-state index in [1.165, 1.54) is 16.4 Å². The van der Waals surface area contributed by atoms with Crippen molar-refractivity contribution in [3.63, 3.8) is 0 Å². The molecule has 1 atom stereocenters. The minimum atomic E-state index is -3.91. The fraction of sp³-hybridized carbons (Fsp3) is 0.480. The third-order valence-corrected chi connectivity index (χ3v) is 10.4. The maximum atomic E-state index is 13.4. The summed E-state index contributed by atoms with van der Waals surface area (Å²) in [5.74, 6) is -0.103. The van der Waals surface area contributed by atoms with Crippen molar-refractivity contribution in [2.45, 2.75) is 36.7 Å². The van der Waals surface area contributed by atoms with E-state index in [-0.39, 0.29) is 40.1 Å². The summed E-state index contributed by atoms with van der Waals surface area (Å²) in [6, 6.07) is 9.86.